The van der Waals surface area contributed by atoms with Crippen LogP contribution >= 0.6 is 23.4 Å². The molecular weight excluding hydrogens is 482 g/mol. The van der Waals surface area contributed by atoms with E-state index in [2.05, 4.69) is 0 Å². The maximum Gasteiger partial charge on any atom is 0.339 e. The molecule has 0 spiro atoms. The van der Waals surface area contributed by atoms with E-state index in [1.807, 2.05) is 6.92 Å². The van der Waals surface area contributed by atoms with E-state index < -0.39 is 21.3 Å². The van der Waals surface area contributed by atoms with E-state index in [9.17, 15) is 18.0 Å². The topological polar surface area (TPSA) is 80.8 Å². The minimum absolute atomic E-state index is 0.0196. The van der Waals surface area contributed by atoms with Crippen molar-refractivity contribution in [3.8, 4) is 5.75 Å². The van der Waals surface area contributed by atoms with Crippen molar-refractivity contribution in [2.24, 2.45) is 0 Å². The van der Waals surface area contributed by atoms with Crippen molar-refractivity contribution in [2.75, 3.05) is 0 Å². The smallest absolute Gasteiger partial charge is 0.339 e. The van der Waals surface area contributed by atoms with Gasteiger partial charge in [-0.05, 0) is 60.7 Å². The third-order valence-corrected chi connectivity index (χ3v) is 7.25. The number of rotatable bonds is 6. The molecule has 0 saturated carbocycles. The molecule has 3 aromatic rings. The standard InChI is InChI=1S/C24H18ClNO5S2/c1-16-6-12-20(13-7-16)33(29,30)31-21-5-3-2-4-18(21)14-22-23(27)26(24(28)32-22)15-17-8-10-19(25)11-9-17/h2-14H,15H2,1H3/b22-14-. The van der Waals surface area contributed by atoms with Crippen molar-refractivity contribution in [1.82, 2.24) is 4.90 Å². The minimum Gasteiger partial charge on any atom is -0.378 e. The van der Waals surface area contributed by atoms with E-state index in [1.54, 1.807) is 54.6 Å². The highest BCUT2D eigenvalue weighted by atomic mass is 35.5. The van der Waals surface area contributed by atoms with E-state index >= 15 is 0 Å². The second kappa shape index (κ2) is 9.43. The van der Waals surface area contributed by atoms with Gasteiger partial charge in [0.2, 0.25) is 0 Å². The van der Waals surface area contributed by atoms with Crippen LogP contribution in [0.5, 0.6) is 5.75 Å². The fraction of sp³-hybridized carbons (Fsp3) is 0.0833. The highest BCUT2D eigenvalue weighted by molar-refractivity contribution is 8.18. The van der Waals surface area contributed by atoms with Crippen molar-refractivity contribution in [1.29, 1.82) is 0 Å². The van der Waals surface area contributed by atoms with Gasteiger partial charge in [-0.1, -0.05) is 59.6 Å². The van der Waals surface area contributed by atoms with Crippen molar-refractivity contribution >= 4 is 50.7 Å². The van der Waals surface area contributed by atoms with Gasteiger partial charge in [0.15, 0.2) is 0 Å². The van der Waals surface area contributed by atoms with Gasteiger partial charge in [-0.15, -0.1) is 0 Å². The molecule has 6 nitrogen and oxygen atoms in total. The van der Waals surface area contributed by atoms with Crippen LogP contribution in [-0.2, 0) is 21.5 Å². The van der Waals surface area contributed by atoms with Crippen LogP contribution in [0.2, 0.25) is 5.02 Å². The van der Waals surface area contributed by atoms with E-state index in [0.717, 1.165) is 27.8 Å². The number of hydrogen-bond donors (Lipinski definition) is 0. The van der Waals surface area contributed by atoms with Crippen LogP contribution in [0.4, 0.5) is 4.79 Å². The van der Waals surface area contributed by atoms with E-state index in [0.29, 0.717) is 10.6 Å². The van der Waals surface area contributed by atoms with E-state index in [-0.39, 0.29) is 22.1 Å². The van der Waals surface area contributed by atoms with E-state index in [4.69, 9.17) is 15.8 Å². The minimum atomic E-state index is -4.07. The number of carbonyl (C=O) groups is 2. The number of imide groups is 1. The number of halogens is 1. The fourth-order valence-electron chi connectivity index (χ4n) is 3.10. The summed E-state index contributed by atoms with van der Waals surface area (Å²) in [5.41, 5.74) is 2.05. The summed E-state index contributed by atoms with van der Waals surface area (Å²) >= 11 is 6.68. The second-order valence-electron chi connectivity index (χ2n) is 7.28. The summed E-state index contributed by atoms with van der Waals surface area (Å²) in [5.74, 6) is -0.404. The highest BCUT2D eigenvalue weighted by Crippen LogP contribution is 2.35. The monoisotopic (exact) mass is 499 g/mol. The SMILES string of the molecule is Cc1ccc(S(=O)(=O)Oc2ccccc2/C=C2\SC(=O)N(Cc3ccc(Cl)cc3)C2=O)cc1. The lowest BCUT2D eigenvalue weighted by atomic mass is 10.2. The van der Waals surface area contributed by atoms with Crippen LogP contribution in [-0.4, -0.2) is 24.5 Å². The fourth-order valence-corrected chi connectivity index (χ4v) is 5.01. The van der Waals surface area contributed by atoms with Gasteiger partial charge in [-0.3, -0.25) is 14.5 Å². The molecule has 9 heteroatoms. The summed E-state index contributed by atoms with van der Waals surface area (Å²) in [6, 6.07) is 19.6. The molecule has 0 aromatic heterocycles. The first-order chi connectivity index (χ1) is 15.7. The molecule has 168 valence electrons. The van der Waals surface area contributed by atoms with Gasteiger partial charge in [0.05, 0.1) is 11.4 Å². The first-order valence-electron chi connectivity index (χ1n) is 9.83. The largest absolute Gasteiger partial charge is 0.378 e. The highest BCUT2D eigenvalue weighted by Gasteiger charge is 2.35. The number of hydrogen-bond acceptors (Lipinski definition) is 6. The van der Waals surface area contributed by atoms with Crippen LogP contribution in [0.1, 0.15) is 16.7 Å². The summed E-state index contributed by atoms with van der Waals surface area (Å²) in [6.45, 7) is 1.96. The van der Waals surface area contributed by atoms with E-state index in [1.165, 1.54) is 24.3 Å². The maximum atomic E-state index is 12.9. The maximum absolute atomic E-state index is 12.9. The summed E-state index contributed by atoms with van der Waals surface area (Å²) < 4.78 is 30.8. The van der Waals surface area contributed by atoms with Gasteiger partial charge in [-0.25, -0.2) is 0 Å². The molecule has 1 fully saturated rings. The lowest BCUT2D eigenvalue weighted by Crippen LogP contribution is -2.27. The van der Waals surface area contributed by atoms with Gasteiger partial charge >= 0.3 is 10.1 Å². The molecule has 2 amide bonds. The van der Waals surface area contributed by atoms with Crippen molar-refractivity contribution in [3.63, 3.8) is 0 Å². The number of aryl methyl sites for hydroxylation is 1. The Morgan fingerprint density at radius 1 is 0.970 bits per heavy atom. The molecular formula is C24H18ClNO5S2. The lowest BCUT2D eigenvalue weighted by Gasteiger charge is -2.12. The molecule has 1 aliphatic rings. The molecule has 1 heterocycles. The lowest BCUT2D eigenvalue weighted by molar-refractivity contribution is -0.123. The summed E-state index contributed by atoms with van der Waals surface area (Å²) in [7, 11) is -4.07. The van der Waals surface area contributed by atoms with Crippen molar-refractivity contribution in [2.45, 2.75) is 18.4 Å². The van der Waals surface area contributed by atoms with Crippen LogP contribution in [0.25, 0.3) is 6.08 Å². The summed E-state index contributed by atoms with van der Waals surface area (Å²) in [5, 5.41) is 0.150. The molecule has 0 aliphatic carbocycles. The Morgan fingerprint density at radius 3 is 2.33 bits per heavy atom. The molecule has 0 atom stereocenters. The molecule has 0 bridgehead atoms. The Hall–Kier alpha value is -3.07. The Bertz CT molecular complexity index is 1350. The second-order valence-corrected chi connectivity index (χ2v) is 10.3. The summed E-state index contributed by atoms with van der Waals surface area (Å²) in [6.07, 6.45) is 1.47. The molecule has 33 heavy (non-hydrogen) atoms. The zero-order valence-corrected chi connectivity index (χ0v) is 19.8. The Balaban J connectivity index is 1.58. The normalized spacial score (nSPS) is 15.3. The average molecular weight is 500 g/mol. The van der Waals surface area contributed by atoms with Gasteiger partial charge in [-0.2, -0.15) is 8.42 Å². The Morgan fingerprint density at radius 2 is 1.64 bits per heavy atom. The molecule has 1 aliphatic heterocycles. The molecule has 4 rings (SSSR count). The van der Waals surface area contributed by atoms with Gasteiger partial charge in [0.1, 0.15) is 10.6 Å². The van der Waals surface area contributed by atoms with Gasteiger partial charge < -0.3 is 4.18 Å². The third-order valence-electron chi connectivity index (χ3n) is 4.84. The first kappa shape index (κ1) is 23.1. The Kier molecular flexibility index (Phi) is 6.60. The van der Waals surface area contributed by atoms with Gasteiger partial charge in [0.25, 0.3) is 11.1 Å². The zero-order valence-electron chi connectivity index (χ0n) is 17.4. The molecule has 0 unspecified atom stereocenters. The number of para-hydroxylation sites is 1. The number of nitrogens with zero attached hydrogens (tertiary/aromatic N) is 1. The van der Waals surface area contributed by atoms with Crippen LogP contribution in [0, 0.1) is 6.92 Å². The molecule has 1 saturated heterocycles. The number of amides is 2. The number of carbonyl (C=O) groups excluding carboxylic acids is 2. The Labute approximate surface area is 200 Å². The first-order valence-corrected chi connectivity index (χ1v) is 12.4. The zero-order chi connectivity index (χ0) is 23.6. The number of thioether (sulfide) groups is 1. The van der Waals surface area contributed by atoms with Crippen LogP contribution in [0.15, 0.2) is 82.6 Å². The summed E-state index contributed by atoms with van der Waals surface area (Å²) in [4.78, 5) is 26.7. The van der Waals surface area contributed by atoms with Crippen molar-refractivity contribution in [3.05, 3.63) is 99.4 Å². The third kappa shape index (κ3) is 5.30. The molecule has 3 aromatic carbocycles. The predicted molar refractivity (Wildman–Crippen MR) is 128 cm³/mol. The number of benzene rings is 3. The average Bonchev–Trinajstić information content (AvgIpc) is 3.04. The predicted octanol–water partition coefficient (Wildman–Crippen LogP) is 5.65. The van der Waals surface area contributed by atoms with Crippen molar-refractivity contribution < 1.29 is 22.2 Å². The van der Waals surface area contributed by atoms with Crippen LogP contribution in [0.3, 0.4) is 0 Å². The van der Waals surface area contributed by atoms with Crippen LogP contribution < -0.4 is 4.18 Å². The quantitative estimate of drug-likeness (QED) is 0.322. The molecule has 0 radical (unpaired) electrons. The molecule has 0 N–H and O–H groups in total. The van der Waals surface area contributed by atoms with Gasteiger partial charge in [0, 0.05) is 10.6 Å².